The Hall–Kier alpha value is -3.92. The lowest BCUT2D eigenvalue weighted by Gasteiger charge is -2.27. The maximum absolute atomic E-state index is 13.3. The average molecular weight is 513 g/mol. The van der Waals surface area contributed by atoms with Crippen LogP contribution < -0.4 is 16.0 Å². The number of rotatable bonds is 13. The van der Waals surface area contributed by atoms with Gasteiger partial charge in [0.2, 0.25) is 17.7 Å². The van der Waals surface area contributed by atoms with E-state index in [-0.39, 0.29) is 42.7 Å². The van der Waals surface area contributed by atoms with Crippen molar-refractivity contribution in [2.75, 3.05) is 20.6 Å². The summed E-state index contributed by atoms with van der Waals surface area (Å²) in [6.07, 6.45) is 0.993. The summed E-state index contributed by atoms with van der Waals surface area (Å²) in [7, 11) is 3.46. The fraction of sp³-hybridized carbons (Fsp3) is 0.407. The predicted octanol–water partition coefficient (Wildman–Crippen LogP) is 0.754. The van der Waals surface area contributed by atoms with E-state index in [1.54, 1.807) is 57.1 Å². The summed E-state index contributed by atoms with van der Waals surface area (Å²) >= 11 is 0. The number of hydrogen-bond donors (Lipinski definition) is 5. The third-order valence-electron chi connectivity index (χ3n) is 5.62. The highest BCUT2D eigenvalue weighted by Crippen LogP contribution is 2.13. The van der Waals surface area contributed by atoms with Crippen LogP contribution in [0.25, 0.3) is 0 Å². The third-order valence-corrected chi connectivity index (χ3v) is 5.62. The maximum atomic E-state index is 13.3. The quantitative estimate of drug-likeness (QED) is 0.249. The molecule has 0 spiro atoms. The number of hydrogen-bond acceptors (Lipinski definition) is 7. The standard InChI is InChI=1S/C27H36N4O6/c1-17(2)25(27(37)28-20(16-32)13-18-5-9-21(33)10-6-18)30-26(36)23(29-24(35)15-31(3)4)14-19-7-11-22(34)12-8-19/h5-12,16-17,20,23,25,33-34H,13-15H2,1-4H3,(H,28,37)(H,29,35)(H,30,36)/t20-,23+,25+/m1/s1. The van der Waals surface area contributed by atoms with Crippen molar-refractivity contribution in [1.82, 2.24) is 20.9 Å². The first-order chi connectivity index (χ1) is 17.5. The zero-order valence-corrected chi connectivity index (χ0v) is 21.6. The molecule has 0 aliphatic heterocycles. The van der Waals surface area contributed by atoms with Crippen molar-refractivity contribution in [3.8, 4) is 11.5 Å². The summed E-state index contributed by atoms with van der Waals surface area (Å²) in [5.74, 6) is -1.56. The highest BCUT2D eigenvalue weighted by molar-refractivity contribution is 5.93. The zero-order valence-electron chi connectivity index (χ0n) is 21.6. The number of phenols is 2. The van der Waals surface area contributed by atoms with E-state index in [0.29, 0.717) is 11.8 Å². The van der Waals surface area contributed by atoms with Gasteiger partial charge in [0.25, 0.3) is 0 Å². The molecule has 2 aromatic rings. The van der Waals surface area contributed by atoms with Crippen LogP contribution in [0.3, 0.4) is 0 Å². The van der Waals surface area contributed by atoms with Gasteiger partial charge < -0.3 is 35.9 Å². The second kappa shape index (κ2) is 14.0. The van der Waals surface area contributed by atoms with Crippen molar-refractivity contribution in [2.24, 2.45) is 5.92 Å². The van der Waals surface area contributed by atoms with Crippen molar-refractivity contribution < 1.29 is 29.4 Å². The molecule has 0 aliphatic rings. The molecule has 200 valence electrons. The van der Waals surface area contributed by atoms with Crippen LogP contribution in [-0.4, -0.2) is 77.9 Å². The topological polar surface area (TPSA) is 148 Å². The van der Waals surface area contributed by atoms with E-state index in [1.807, 2.05) is 0 Å². The second-order valence-electron chi connectivity index (χ2n) is 9.58. The lowest BCUT2D eigenvalue weighted by molar-refractivity contribution is -0.133. The molecule has 5 N–H and O–H groups in total. The van der Waals surface area contributed by atoms with Crippen molar-refractivity contribution in [3.63, 3.8) is 0 Å². The van der Waals surface area contributed by atoms with Gasteiger partial charge in [0, 0.05) is 6.42 Å². The summed E-state index contributed by atoms with van der Waals surface area (Å²) in [5, 5.41) is 27.1. The van der Waals surface area contributed by atoms with Crippen LogP contribution in [-0.2, 0) is 32.0 Å². The fourth-order valence-corrected chi connectivity index (χ4v) is 3.68. The highest BCUT2D eigenvalue weighted by atomic mass is 16.3. The normalized spacial score (nSPS) is 13.5. The van der Waals surface area contributed by atoms with Crippen LogP contribution in [0.15, 0.2) is 48.5 Å². The van der Waals surface area contributed by atoms with Crippen LogP contribution in [0.2, 0.25) is 0 Å². The van der Waals surface area contributed by atoms with Crippen molar-refractivity contribution >= 4 is 24.0 Å². The smallest absolute Gasteiger partial charge is 0.243 e. The largest absolute Gasteiger partial charge is 0.508 e. The molecule has 10 nitrogen and oxygen atoms in total. The summed E-state index contributed by atoms with van der Waals surface area (Å²) in [6.45, 7) is 3.60. The second-order valence-corrected chi connectivity index (χ2v) is 9.58. The first-order valence-corrected chi connectivity index (χ1v) is 12.0. The van der Waals surface area contributed by atoms with E-state index >= 15 is 0 Å². The molecule has 2 aromatic carbocycles. The summed E-state index contributed by atoms with van der Waals surface area (Å²) in [4.78, 5) is 52.1. The van der Waals surface area contributed by atoms with E-state index in [1.165, 1.54) is 24.3 Å². The summed E-state index contributed by atoms with van der Waals surface area (Å²) < 4.78 is 0. The summed E-state index contributed by atoms with van der Waals surface area (Å²) in [6, 6.07) is 9.83. The van der Waals surface area contributed by atoms with Gasteiger partial charge in [-0.2, -0.15) is 0 Å². The fourth-order valence-electron chi connectivity index (χ4n) is 3.68. The Morgan fingerprint density at radius 2 is 1.32 bits per heavy atom. The Bertz CT molecular complexity index is 1050. The number of likely N-dealkylation sites (N-methyl/N-ethyl adjacent to an activating group) is 1. The monoisotopic (exact) mass is 512 g/mol. The maximum Gasteiger partial charge on any atom is 0.243 e. The van der Waals surface area contributed by atoms with Gasteiger partial charge in [0.15, 0.2) is 0 Å². The molecule has 10 heteroatoms. The van der Waals surface area contributed by atoms with Gasteiger partial charge >= 0.3 is 0 Å². The Kier molecular flexibility index (Phi) is 11.1. The third kappa shape index (κ3) is 9.92. The van der Waals surface area contributed by atoms with Gasteiger partial charge in [-0.05, 0) is 61.8 Å². The van der Waals surface area contributed by atoms with Gasteiger partial charge in [-0.1, -0.05) is 38.1 Å². The summed E-state index contributed by atoms with van der Waals surface area (Å²) in [5.41, 5.74) is 1.46. The number of carbonyl (C=O) groups is 4. The molecule has 0 heterocycles. The van der Waals surface area contributed by atoms with Gasteiger partial charge in [0.05, 0.1) is 12.6 Å². The molecule has 2 rings (SSSR count). The van der Waals surface area contributed by atoms with Crippen LogP contribution in [0.5, 0.6) is 11.5 Å². The van der Waals surface area contributed by atoms with Crippen LogP contribution in [0, 0.1) is 5.92 Å². The van der Waals surface area contributed by atoms with E-state index in [9.17, 15) is 29.4 Å². The molecule has 0 saturated carbocycles. The van der Waals surface area contributed by atoms with Crippen LogP contribution >= 0.6 is 0 Å². The SMILES string of the molecule is CC(C)[C@H](NC(=O)[C@H](Cc1ccc(O)cc1)NC(=O)CN(C)C)C(=O)N[C@@H](C=O)Cc1ccc(O)cc1. The van der Waals surface area contributed by atoms with E-state index in [0.717, 1.165) is 5.56 Å². The number of nitrogens with zero attached hydrogens (tertiary/aromatic N) is 1. The Morgan fingerprint density at radius 3 is 1.78 bits per heavy atom. The minimum atomic E-state index is -0.968. The minimum Gasteiger partial charge on any atom is -0.508 e. The minimum absolute atomic E-state index is 0.0751. The van der Waals surface area contributed by atoms with E-state index in [2.05, 4.69) is 16.0 Å². The highest BCUT2D eigenvalue weighted by Gasteiger charge is 2.30. The molecule has 3 amide bonds. The number of carbonyl (C=O) groups excluding carboxylic acids is 4. The zero-order chi connectivity index (χ0) is 27.5. The average Bonchev–Trinajstić information content (AvgIpc) is 2.83. The van der Waals surface area contributed by atoms with Crippen molar-refractivity contribution in [2.45, 2.75) is 44.8 Å². The Labute approximate surface area is 217 Å². The number of phenolic OH excluding ortho intramolecular Hbond substituents is 2. The number of aromatic hydroxyl groups is 2. The van der Waals surface area contributed by atoms with Crippen molar-refractivity contribution in [3.05, 3.63) is 59.7 Å². The van der Waals surface area contributed by atoms with Gasteiger partial charge in [-0.25, -0.2) is 0 Å². The van der Waals surface area contributed by atoms with Gasteiger partial charge in [-0.15, -0.1) is 0 Å². The molecule has 37 heavy (non-hydrogen) atoms. The van der Waals surface area contributed by atoms with E-state index in [4.69, 9.17) is 0 Å². The Balaban J connectivity index is 2.14. The molecule has 0 saturated heterocycles. The molecule has 0 fully saturated rings. The molecule has 0 radical (unpaired) electrons. The molecule has 0 unspecified atom stereocenters. The van der Waals surface area contributed by atoms with E-state index < -0.39 is 29.9 Å². The number of nitrogens with one attached hydrogen (secondary N) is 3. The lowest BCUT2D eigenvalue weighted by Crippen LogP contribution is -2.57. The van der Waals surface area contributed by atoms with Crippen molar-refractivity contribution in [1.29, 1.82) is 0 Å². The van der Waals surface area contributed by atoms with Gasteiger partial charge in [0.1, 0.15) is 29.9 Å². The molecular formula is C27H36N4O6. The molecule has 0 aromatic heterocycles. The molecule has 3 atom stereocenters. The first-order valence-electron chi connectivity index (χ1n) is 12.0. The lowest BCUT2D eigenvalue weighted by atomic mass is 10.00. The van der Waals surface area contributed by atoms with Crippen LogP contribution in [0.4, 0.5) is 0 Å². The number of amides is 3. The molecular weight excluding hydrogens is 476 g/mol. The molecule has 0 bridgehead atoms. The Morgan fingerprint density at radius 1 is 0.811 bits per heavy atom. The molecule has 0 aliphatic carbocycles. The number of benzene rings is 2. The number of aldehydes is 1. The van der Waals surface area contributed by atoms with Gasteiger partial charge in [-0.3, -0.25) is 14.4 Å². The predicted molar refractivity (Wildman–Crippen MR) is 139 cm³/mol. The first kappa shape index (κ1) is 29.3. The van der Waals surface area contributed by atoms with Crippen LogP contribution in [0.1, 0.15) is 25.0 Å².